The first-order valence-electron chi connectivity index (χ1n) is 10.4. The number of hydrogen-bond acceptors (Lipinski definition) is 7. The third kappa shape index (κ3) is 7.43. The molecular formula is C22H32N4O4S. The molecule has 9 heteroatoms. The summed E-state index contributed by atoms with van der Waals surface area (Å²) in [7, 11) is 1.63. The van der Waals surface area contributed by atoms with Gasteiger partial charge in [-0.1, -0.05) is 0 Å². The summed E-state index contributed by atoms with van der Waals surface area (Å²) in [6, 6.07) is 7.34. The van der Waals surface area contributed by atoms with E-state index in [0.717, 1.165) is 23.1 Å². The number of rotatable bonds is 10. The lowest BCUT2D eigenvalue weighted by molar-refractivity contribution is 0.0531. The molecule has 0 amide bonds. The molecule has 1 aromatic carbocycles. The van der Waals surface area contributed by atoms with E-state index in [1.807, 2.05) is 52.0 Å². The van der Waals surface area contributed by atoms with Crippen molar-refractivity contribution in [3.63, 3.8) is 0 Å². The van der Waals surface area contributed by atoms with Crippen LogP contribution in [0.2, 0.25) is 0 Å². The number of aliphatic imine (C=N–C) groups is 1. The number of aromatic nitrogens is 1. The maximum absolute atomic E-state index is 12.1. The fourth-order valence-corrected chi connectivity index (χ4v) is 3.68. The molecule has 2 aromatic rings. The topological polar surface area (TPSA) is 94.1 Å². The van der Waals surface area contributed by atoms with Crippen molar-refractivity contribution in [2.75, 3.05) is 26.8 Å². The molecule has 2 N–H and O–H groups in total. The van der Waals surface area contributed by atoms with Crippen LogP contribution in [0.15, 0.2) is 29.3 Å². The van der Waals surface area contributed by atoms with Gasteiger partial charge < -0.3 is 24.8 Å². The lowest BCUT2D eigenvalue weighted by Gasteiger charge is -2.18. The Balaban J connectivity index is 1.99. The van der Waals surface area contributed by atoms with Gasteiger partial charge in [0.05, 0.1) is 32.0 Å². The van der Waals surface area contributed by atoms with Crippen LogP contribution in [0.4, 0.5) is 0 Å². The lowest BCUT2D eigenvalue weighted by Crippen LogP contribution is -2.39. The monoisotopic (exact) mass is 448 g/mol. The van der Waals surface area contributed by atoms with Crippen LogP contribution in [0, 0.1) is 6.92 Å². The number of nitrogens with zero attached hydrogens (tertiary/aromatic N) is 2. The van der Waals surface area contributed by atoms with Crippen molar-refractivity contribution in [1.82, 2.24) is 15.6 Å². The Kier molecular flexibility index (Phi) is 9.58. The van der Waals surface area contributed by atoms with Crippen LogP contribution in [-0.4, -0.2) is 49.8 Å². The predicted octanol–water partition coefficient (Wildman–Crippen LogP) is 3.72. The Morgan fingerprint density at radius 1 is 1.19 bits per heavy atom. The van der Waals surface area contributed by atoms with Crippen molar-refractivity contribution >= 4 is 23.3 Å². The number of guanidine groups is 1. The number of carbonyl (C=O) groups excluding carboxylic acids is 1. The highest BCUT2D eigenvalue weighted by Crippen LogP contribution is 2.24. The Labute approximate surface area is 188 Å². The molecule has 0 aliphatic carbocycles. The van der Waals surface area contributed by atoms with E-state index in [0.29, 0.717) is 29.7 Å². The molecule has 170 valence electrons. The number of aryl methyl sites for hydroxylation is 1. The van der Waals surface area contributed by atoms with Crippen LogP contribution in [0.5, 0.6) is 11.5 Å². The minimum atomic E-state index is -0.332. The number of benzene rings is 1. The van der Waals surface area contributed by atoms with Crippen LogP contribution in [0.3, 0.4) is 0 Å². The molecule has 0 saturated heterocycles. The first kappa shape index (κ1) is 24.5. The zero-order chi connectivity index (χ0) is 22.8. The van der Waals surface area contributed by atoms with Gasteiger partial charge in [-0.05, 0) is 58.9 Å². The van der Waals surface area contributed by atoms with E-state index < -0.39 is 0 Å². The van der Waals surface area contributed by atoms with Gasteiger partial charge in [0, 0.05) is 6.54 Å². The zero-order valence-electron chi connectivity index (χ0n) is 19.0. The molecule has 2 rings (SSSR count). The van der Waals surface area contributed by atoms with Crippen molar-refractivity contribution in [2.24, 2.45) is 4.99 Å². The maximum atomic E-state index is 12.1. The predicted molar refractivity (Wildman–Crippen MR) is 123 cm³/mol. The number of methoxy groups -OCH3 is 1. The van der Waals surface area contributed by atoms with Crippen molar-refractivity contribution in [2.45, 2.75) is 46.8 Å². The van der Waals surface area contributed by atoms with Crippen molar-refractivity contribution in [1.29, 1.82) is 0 Å². The normalized spacial score (nSPS) is 13.3. The average molecular weight is 449 g/mol. The molecule has 2 atom stereocenters. The van der Waals surface area contributed by atoms with Crippen LogP contribution in [-0.2, 0) is 4.74 Å². The van der Waals surface area contributed by atoms with Crippen LogP contribution < -0.4 is 20.1 Å². The van der Waals surface area contributed by atoms with Crippen LogP contribution in [0.25, 0.3) is 0 Å². The molecule has 8 nitrogen and oxygen atoms in total. The van der Waals surface area contributed by atoms with E-state index in [1.165, 1.54) is 11.3 Å². The van der Waals surface area contributed by atoms with E-state index in [-0.39, 0.29) is 18.1 Å². The first-order chi connectivity index (χ1) is 14.9. The molecule has 2 unspecified atom stereocenters. The molecule has 0 radical (unpaired) electrons. The molecule has 0 bridgehead atoms. The maximum Gasteiger partial charge on any atom is 0.350 e. The summed E-state index contributed by atoms with van der Waals surface area (Å²) in [6.45, 7) is 11.1. The number of thiazole rings is 1. The number of nitrogens with one attached hydrogen (secondary N) is 2. The highest BCUT2D eigenvalue weighted by molar-refractivity contribution is 7.13. The summed E-state index contributed by atoms with van der Waals surface area (Å²) < 4.78 is 16.2. The van der Waals surface area contributed by atoms with Gasteiger partial charge in [0.2, 0.25) is 0 Å². The summed E-state index contributed by atoms with van der Waals surface area (Å²) in [5, 5.41) is 7.38. The van der Waals surface area contributed by atoms with E-state index in [9.17, 15) is 4.79 Å². The summed E-state index contributed by atoms with van der Waals surface area (Å²) in [4.78, 5) is 21.8. The second-order valence-corrected chi connectivity index (χ2v) is 7.91. The zero-order valence-corrected chi connectivity index (χ0v) is 19.8. The molecule has 0 saturated carbocycles. The van der Waals surface area contributed by atoms with Gasteiger partial charge in [0.15, 0.2) is 5.96 Å². The third-order valence-corrected chi connectivity index (χ3v) is 5.57. The fraction of sp³-hybridized carbons (Fsp3) is 0.500. The van der Waals surface area contributed by atoms with E-state index in [1.54, 1.807) is 14.0 Å². The molecule has 31 heavy (non-hydrogen) atoms. The summed E-state index contributed by atoms with van der Waals surface area (Å²) in [5.74, 6) is 1.88. The second-order valence-electron chi connectivity index (χ2n) is 6.88. The van der Waals surface area contributed by atoms with Gasteiger partial charge >= 0.3 is 5.97 Å². The van der Waals surface area contributed by atoms with E-state index in [4.69, 9.17) is 14.2 Å². The summed E-state index contributed by atoms with van der Waals surface area (Å²) in [5.41, 5.74) is 0.676. The smallest absolute Gasteiger partial charge is 0.350 e. The van der Waals surface area contributed by atoms with Crippen LogP contribution >= 0.6 is 11.3 Å². The minimum Gasteiger partial charge on any atom is -0.497 e. The van der Waals surface area contributed by atoms with Gasteiger partial charge in [0.25, 0.3) is 0 Å². The van der Waals surface area contributed by atoms with Crippen molar-refractivity contribution in [3.05, 3.63) is 39.8 Å². The fourth-order valence-electron chi connectivity index (χ4n) is 2.72. The van der Waals surface area contributed by atoms with Crippen molar-refractivity contribution < 1.29 is 19.0 Å². The van der Waals surface area contributed by atoms with Gasteiger partial charge in [0.1, 0.15) is 27.5 Å². The highest BCUT2D eigenvalue weighted by Gasteiger charge is 2.20. The Morgan fingerprint density at radius 3 is 2.48 bits per heavy atom. The lowest BCUT2D eigenvalue weighted by atomic mass is 10.3. The molecule has 0 aliphatic heterocycles. The SMILES string of the molecule is CCNC(=NCC(C)Oc1ccc(OC)cc1)NC(C)c1nc(C)c(C(=O)OCC)s1. The molecule has 1 heterocycles. The standard InChI is InChI=1S/C22H32N4O4S/c1-7-23-22(24-13-14(3)30-18-11-9-17(28-6)10-12-18)26-16(5)20-25-15(4)19(31-20)21(27)29-8-2/h9-12,14,16H,7-8,13H2,1-6H3,(H2,23,24,26). The molecule has 1 aromatic heterocycles. The summed E-state index contributed by atoms with van der Waals surface area (Å²) >= 11 is 1.34. The van der Waals surface area contributed by atoms with Gasteiger partial charge in [-0.2, -0.15) is 0 Å². The number of carbonyl (C=O) groups is 1. The van der Waals surface area contributed by atoms with E-state index in [2.05, 4.69) is 20.6 Å². The number of esters is 1. The molecular weight excluding hydrogens is 416 g/mol. The Bertz CT molecular complexity index is 867. The largest absolute Gasteiger partial charge is 0.497 e. The highest BCUT2D eigenvalue weighted by atomic mass is 32.1. The Hall–Kier alpha value is -2.81. The molecule has 0 aliphatic rings. The number of ether oxygens (including phenoxy) is 3. The average Bonchev–Trinajstić information content (AvgIpc) is 3.15. The quantitative estimate of drug-likeness (QED) is 0.325. The first-order valence-corrected chi connectivity index (χ1v) is 11.2. The van der Waals surface area contributed by atoms with Crippen LogP contribution in [0.1, 0.15) is 54.1 Å². The molecule has 0 fully saturated rings. The van der Waals surface area contributed by atoms with Gasteiger partial charge in [-0.25, -0.2) is 14.8 Å². The van der Waals surface area contributed by atoms with E-state index >= 15 is 0 Å². The second kappa shape index (κ2) is 12.1. The van der Waals surface area contributed by atoms with Gasteiger partial charge in [-0.3, -0.25) is 0 Å². The molecule has 0 spiro atoms. The summed E-state index contributed by atoms with van der Waals surface area (Å²) in [6.07, 6.45) is -0.114. The number of hydrogen-bond donors (Lipinski definition) is 2. The van der Waals surface area contributed by atoms with Crippen molar-refractivity contribution in [3.8, 4) is 11.5 Å². The third-order valence-electron chi connectivity index (χ3n) is 4.25. The van der Waals surface area contributed by atoms with Gasteiger partial charge in [-0.15, -0.1) is 11.3 Å². The Morgan fingerprint density at radius 2 is 1.87 bits per heavy atom. The minimum absolute atomic E-state index is 0.114.